The van der Waals surface area contributed by atoms with Gasteiger partial charge in [0.25, 0.3) is 0 Å². The molecule has 0 aliphatic heterocycles. The summed E-state index contributed by atoms with van der Waals surface area (Å²) in [6.45, 7) is 6.09. The zero-order valence-corrected chi connectivity index (χ0v) is 12.3. The average molecular weight is 277 g/mol. The quantitative estimate of drug-likeness (QED) is 0.906. The Hall–Kier alpha value is -1.46. The molecular weight excluding hydrogens is 258 g/mol. The minimum Gasteiger partial charge on any atom is -0.327 e. The van der Waals surface area contributed by atoms with Crippen molar-refractivity contribution >= 4 is 32.6 Å². The van der Waals surface area contributed by atoms with Crippen LogP contribution >= 0.6 is 11.3 Å². The molecule has 1 aromatic heterocycles. The van der Waals surface area contributed by atoms with Crippen LogP contribution in [-0.2, 0) is 4.79 Å². The molecule has 1 heterocycles. The summed E-state index contributed by atoms with van der Waals surface area (Å²) in [5.41, 5.74) is 6.83. The molecular formula is C14H19N3OS. The van der Waals surface area contributed by atoms with Gasteiger partial charge in [-0.2, -0.15) is 0 Å². The molecule has 2 rings (SSSR count). The number of hydrogen-bond acceptors (Lipinski definition) is 4. The van der Waals surface area contributed by atoms with Crippen LogP contribution in [0.5, 0.6) is 0 Å². The topological polar surface area (TPSA) is 68.0 Å². The monoisotopic (exact) mass is 277 g/mol. The number of rotatable bonds is 3. The van der Waals surface area contributed by atoms with Gasteiger partial charge in [-0.25, -0.2) is 4.98 Å². The summed E-state index contributed by atoms with van der Waals surface area (Å²) >= 11 is 1.48. The lowest BCUT2D eigenvalue weighted by atomic mass is 9.85. The summed E-state index contributed by atoms with van der Waals surface area (Å²) in [5, 5.41) is 3.45. The third-order valence-corrected chi connectivity index (χ3v) is 4.01. The van der Waals surface area contributed by atoms with Crippen molar-refractivity contribution in [1.82, 2.24) is 4.98 Å². The molecule has 0 radical (unpaired) electrons. The van der Waals surface area contributed by atoms with Crippen molar-refractivity contribution in [1.29, 1.82) is 0 Å². The molecule has 3 N–H and O–H groups in total. The maximum atomic E-state index is 11.9. The first-order valence-corrected chi connectivity index (χ1v) is 7.09. The number of anilines is 1. The van der Waals surface area contributed by atoms with E-state index >= 15 is 0 Å². The fourth-order valence-corrected chi connectivity index (χ4v) is 2.48. The number of fused-ring (bicyclic) bond motifs is 1. The fourth-order valence-electron chi connectivity index (χ4n) is 1.60. The SMILES string of the molecule is CC(C)(C)C(N)CC(=O)Nc1nc2ccccc2s1. The van der Waals surface area contributed by atoms with Gasteiger partial charge >= 0.3 is 0 Å². The second-order valence-electron chi connectivity index (χ2n) is 5.71. The molecule has 5 heteroatoms. The van der Waals surface area contributed by atoms with Crippen LogP contribution in [0.3, 0.4) is 0 Å². The molecule has 1 amide bonds. The molecule has 1 atom stereocenters. The van der Waals surface area contributed by atoms with E-state index in [4.69, 9.17) is 5.73 Å². The van der Waals surface area contributed by atoms with E-state index in [0.29, 0.717) is 11.6 Å². The summed E-state index contributed by atoms with van der Waals surface area (Å²) in [5.74, 6) is -0.0820. The molecule has 0 fully saturated rings. The lowest BCUT2D eigenvalue weighted by molar-refractivity contribution is -0.117. The number of para-hydroxylation sites is 1. The summed E-state index contributed by atoms with van der Waals surface area (Å²) in [6.07, 6.45) is 0.305. The van der Waals surface area contributed by atoms with Crippen molar-refractivity contribution in [3.63, 3.8) is 0 Å². The van der Waals surface area contributed by atoms with E-state index in [1.165, 1.54) is 11.3 Å². The summed E-state index contributed by atoms with van der Waals surface area (Å²) < 4.78 is 1.07. The van der Waals surface area contributed by atoms with Gasteiger partial charge in [-0.3, -0.25) is 4.79 Å². The molecule has 4 nitrogen and oxygen atoms in total. The van der Waals surface area contributed by atoms with Gasteiger partial charge in [0.05, 0.1) is 10.2 Å². The third-order valence-electron chi connectivity index (χ3n) is 3.06. The minimum absolute atomic E-state index is 0.0784. The summed E-state index contributed by atoms with van der Waals surface area (Å²) in [4.78, 5) is 16.3. The largest absolute Gasteiger partial charge is 0.327 e. The normalized spacial score (nSPS) is 13.5. The van der Waals surface area contributed by atoms with Gasteiger partial charge in [0, 0.05) is 12.5 Å². The number of nitrogens with zero attached hydrogens (tertiary/aromatic N) is 1. The van der Waals surface area contributed by atoms with Gasteiger partial charge in [0.1, 0.15) is 0 Å². The van der Waals surface area contributed by atoms with Crippen LogP contribution in [-0.4, -0.2) is 16.9 Å². The maximum absolute atomic E-state index is 11.9. The summed E-state index contributed by atoms with van der Waals surface area (Å²) in [7, 11) is 0. The van der Waals surface area contributed by atoms with E-state index in [0.717, 1.165) is 10.2 Å². The Balaban J connectivity index is 2.03. The molecule has 0 spiro atoms. The Bertz CT molecular complexity index is 553. The molecule has 0 saturated heterocycles. The van der Waals surface area contributed by atoms with Gasteiger partial charge in [-0.05, 0) is 17.5 Å². The Morgan fingerprint density at radius 1 is 1.42 bits per heavy atom. The van der Waals surface area contributed by atoms with Crippen molar-refractivity contribution in [2.75, 3.05) is 5.32 Å². The smallest absolute Gasteiger partial charge is 0.227 e. The van der Waals surface area contributed by atoms with Crippen molar-refractivity contribution in [2.24, 2.45) is 11.1 Å². The van der Waals surface area contributed by atoms with Crippen LogP contribution in [0, 0.1) is 5.41 Å². The van der Waals surface area contributed by atoms with Gasteiger partial charge < -0.3 is 11.1 Å². The highest BCUT2D eigenvalue weighted by atomic mass is 32.1. The number of nitrogens with two attached hydrogens (primary N) is 1. The number of hydrogen-bond donors (Lipinski definition) is 2. The zero-order valence-electron chi connectivity index (χ0n) is 11.4. The van der Waals surface area contributed by atoms with Crippen LogP contribution in [0.15, 0.2) is 24.3 Å². The molecule has 2 aromatic rings. The number of thiazole rings is 1. The highest BCUT2D eigenvalue weighted by molar-refractivity contribution is 7.22. The number of benzene rings is 1. The zero-order chi connectivity index (χ0) is 14.0. The Labute approximate surface area is 117 Å². The van der Waals surface area contributed by atoms with E-state index in [9.17, 15) is 4.79 Å². The van der Waals surface area contributed by atoms with Crippen molar-refractivity contribution in [2.45, 2.75) is 33.2 Å². The number of carbonyl (C=O) groups excluding carboxylic acids is 1. The number of amides is 1. The van der Waals surface area contributed by atoms with Crippen molar-refractivity contribution < 1.29 is 4.79 Å². The minimum atomic E-state index is -0.165. The van der Waals surface area contributed by atoms with Gasteiger partial charge in [0.2, 0.25) is 5.91 Å². The van der Waals surface area contributed by atoms with Crippen LogP contribution in [0.1, 0.15) is 27.2 Å². The maximum Gasteiger partial charge on any atom is 0.227 e. The molecule has 19 heavy (non-hydrogen) atoms. The number of aromatic nitrogens is 1. The highest BCUT2D eigenvalue weighted by Crippen LogP contribution is 2.26. The second kappa shape index (κ2) is 5.27. The Morgan fingerprint density at radius 2 is 2.11 bits per heavy atom. The van der Waals surface area contributed by atoms with E-state index < -0.39 is 0 Å². The lowest BCUT2D eigenvalue weighted by Gasteiger charge is -2.26. The predicted octanol–water partition coefficient (Wildman–Crippen LogP) is 3.00. The molecule has 1 unspecified atom stereocenters. The van der Waals surface area contributed by atoms with Gasteiger partial charge in [-0.1, -0.05) is 44.2 Å². The molecule has 1 aromatic carbocycles. The highest BCUT2D eigenvalue weighted by Gasteiger charge is 2.23. The molecule has 0 aliphatic carbocycles. The Morgan fingerprint density at radius 3 is 2.74 bits per heavy atom. The van der Waals surface area contributed by atoms with Gasteiger partial charge in [-0.15, -0.1) is 0 Å². The molecule has 0 saturated carbocycles. The molecule has 102 valence electrons. The number of carbonyl (C=O) groups is 1. The lowest BCUT2D eigenvalue weighted by Crippen LogP contribution is -2.38. The Kier molecular flexibility index (Phi) is 3.87. The van der Waals surface area contributed by atoms with E-state index in [1.807, 2.05) is 45.0 Å². The first-order chi connectivity index (χ1) is 8.86. The van der Waals surface area contributed by atoms with Crippen molar-refractivity contribution in [3.05, 3.63) is 24.3 Å². The van der Waals surface area contributed by atoms with E-state index in [2.05, 4.69) is 10.3 Å². The van der Waals surface area contributed by atoms with E-state index in [-0.39, 0.29) is 17.4 Å². The van der Waals surface area contributed by atoms with E-state index in [1.54, 1.807) is 0 Å². The first kappa shape index (κ1) is 14.0. The molecule has 0 bridgehead atoms. The van der Waals surface area contributed by atoms with Crippen LogP contribution < -0.4 is 11.1 Å². The standard InChI is InChI=1S/C14H19N3OS/c1-14(2,3)11(15)8-12(18)17-13-16-9-6-4-5-7-10(9)19-13/h4-7,11H,8,15H2,1-3H3,(H,16,17,18). The number of nitrogens with one attached hydrogen (secondary N) is 1. The predicted molar refractivity (Wildman–Crippen MR) is 80.3 cm³/mol. The average Bonchev–Trinajstić information content (AvgIpc) is 2.69. The molecule has 0 aliphatic rings. The summed E-state index contributed by atoms with van der Waals surface area (Å²) in [6, 6.07) is 7.65. The van der Waals surface area contributed by atoms with Crippen molar-refractivity contribution in [3.8, 4) is 0 Å². The second-order valence-corrected chi connectivity index (χ2v) is 6.74. The first-order valence-electron chi connectivity index (χ1n) is 6.27. The van der Waals surface area contributed by atoms with Crippen LogP contribution in [0.4, 0.5) is 5.13 Å². The van der Waals surface area contributed by atoms with Crippen LogP contribution in [0.25, 0.3) is 10.2 Å². The third kappa shape index (κ3) is 3.52. The van der Waals surface area contributed by atoms with Gasteiger partial charge in [0.15, 0.2) is 5.13 Å². The van der Waals surface area contributed by atoms with Crippen LogP contribution in [0.2, 0.25) is 0 Å². The fraction of sp³-hybridized carbons (Fsp3) is 0.429.